The second-order valence-electron chi connectivity index (χ2n) is 7.63. The fourth-order valence-corrected chi connectivity index (χ4v) is 4.66. The fraction of sp³-hybridized carbons (Fsp3) is 0.231. The molecule has 0 aliphatic rings. The van der Waals surface area contributed by atoms with E-state index in [1.807, 2.05) is 48.7 Å². The number of hydrogen-bond donors (Lipinski definition) is 1. The van der Waals surface area contributed by atoms with Gasteiger partial charge in [0.05, 0.1) is 0 Å². The first kappa shape index (κ1) is 21.1. The van der Waals surface area contributed by atoms with E-state index < -0.39 is 0 Å². The van der Waals surface area contributed by atoms with Crippen LogP contribution >= 0.6 is 11.3 Å². The highest BCUT2D eigenvalue weighted by Gasteiger charge is 2.16. The van der Waals surface area contributed by atoms with Gasteiger partial charge in [-0.3, -0.25) is 9.59 Å². The van der Waals surface area contributed by atoms with Crippen LogP contribution in [-0.2, 0) is 13.0 Å². The number of pyridine rings is 1. The zero-order valence-corrected chi connectivity index (χ0v) is 18.5. The Labute approximate surface area is 186 Å². The highest BCUT2D eigenvalue weighted by molar-refractivity contribution is 7.22. The molecule has 0 radical (unpaired) electrons. The van der Waals surface area contributed by atoms with Crippen molar-refractivity contribution in [3.8, 4) is 10.4 Å². The highest BCUT2D eigenvalue weighted by atomic mass is 32.1. The fourth-order valence-electron chi connectivity index (χ4n) is 3.61. The molecule has 4 nitrogen and oxygen atoms in total. The van der Waals surface area contributed by atoms with E-state index in [9.17, 15) is 9.59 Å². The Morgan fingerprint density at radius 2 is 1.81 bits per heavy atom. The van der Waals surface area contributed by atoms with Gasteiger partial charge in [0.15, 0.2) is 0 Å². The number of benzene rings is 2. The number of fused-ring (bicyclic) bond motifs is 1. The van der Waals surface area contributed by atoms with E-state index in [1.165, 1.54) is 10.1 Å². The van der Waals surface area contributed by atoms with Crippen LogP contribution < -0.4 is 10.9 Å². The standard InChI is InChI=1S/C26H26N2O2S/c1-2-3-15-28-18-21(24-17-20-11-7-8-12-23(20)31-24)16-22(26(28)30)25(29)27-14-13-19-9-5-4-6-10-19/h4-12,16-18H,2-3,13-15H2,1H3,(H,27,29). The molecule has 4 aromatic rings. The van der Waals surface area contributed by atoms with E-state index in [1.54, 1.807) is 22.0 Å². The first-order valence-electron chi connectivity index (χ1n) is 10.7. The molecule has 2 aromatic heterocycles. The molecule has 1 amide bonds. The van der Waals surface area contributed by atoms with Crippen LogP contribution in [0.5, 0.6) is 0 Å². The summed E-state index contributed by atoms with van der Waals surface area (Å²) in [5, 5.41) is 4.10. The van der Waals surface area contributed by atoms with Gasteiger partial charge in [0, 0.05) is 34.4 Å². The highest BCUT2D eigenvalue weighted by Crippen LogP contribution is 2.33. The molecule has 0 fully saturated rings. The van der Waals surface area contributed by atoms with E-state index >= 15 is 0 Å². The van der Waals surface area contributed by atoms with Gasteiger partial charge in [-0.05, 0) is 42.0 Å². The molecule has 0 bridgehead atoms. The van der Waals surface area contributed by atoms with Gasteiger partial charge in [0.1, 0.15) is 5.56 Å². The monoisotopic (exact) mass is 430 g/mol. The van der Waals surface area contributed by atoms with Gasteiger partial charge in [-0.1, -0.05) is 61.9 Å². The first-order chi connectivity index (χ1) is 15.2. The minimum absolute atomic E-state index is 0.208. The van der Waals surface area contributed by atoms with Crippen LogP contribution in [0.1, 0.15) is 35.7 Å². The third-order valence-electron chi connectivity index (χ3n) is 5.34. The number of aromatic nitrogens is 1. The molecule has 0 atom stereocenters. The number of rotatable bonds is 8. The lowest BCUT2D eigenvalue weighted by atomic mass is 10.1. The number of hydrogen-bond acceptors (Lipinski definition) is 3. The van der Waals surface area contributed by atoms with Crippen molar-refractivity contribution in [3.63, 3.8) is 0 Å². The Hall–Kier alpha value is -3.18. The lowest BCUT2D eigenvalue weighted by Gasteiger charge is -2.11. The molecule has 0 aliphatic carbocycles. The zero-order valence-electron chi connectivity index (χ0n) is 17.6. The predicted molar refractivity (Wildman–Crippen MR) is 129 cm³/mol. The van der Waals surface area contributed by atoms with Gasteiger partial charge >= 0.3 is 0 Å². The van der Waals surface area contributed by atoms with Crippen LogP contribution in [0, 0.1) is 0 Å². The number of thiophene rings is 1. The molecule has 158 valence electrons. The number of aryl methyl sites for hydroxylation is 1. The molecule has 0 saturated heterocycles. The van der Waals surface area contributed by atoms with Gasteiger partial charge in [-0.25, -0.2) is 0 Å². The maximum atomic E-state index is 13.0. The maximum absolute atomic E-state index is 13.0. The largest absolute Gasteiger partial charge is 0.352 e. The minimum Gasteiger partial charge on any atom is -0.352 e. The molecule has 31 heavy (non-hydrogen) atoms. The predicted octanol–water partition coefficient (Wildman–Crippen LogP) is 5.50. The second-order valence-corrected chi connectivity index (χ2v) is 8.72. The van der Waals surface area contributed by atoms with Crippen molar-refractivity contribution >= 4 is 27.3 Å². The van der Waals surface area contributed by atoms with Gasteiger partial charge in [0.25, 0.3) is 11.5 Å². The molecule has 1 N–H and O–H groups in total. The van der Waals surface area contributed by atoms with Crippen LogP contribution in [0.3, 0.4) is 0 Å². The van der Waals surface area contributed by atoms with Crippen LogP contribution in [0.15, 0.2) is 77.7 Å². The summed E-state index contributed by atoms with van der Waals surface area (Å²) in [5.74, 6) is -0.311. The number of carbonyl (C=O) groups excluding carboxylic acids is 1. The summed E-state index contributed by atoms with van der Waals surface area (Å²) in [7, 11) is 0. The molecule has 5 heteroatoms. The summed E-state index contributed by atoms with van der Waals surface area (Å²) < 4.78 is 2.88. The maximum Gasteiger partial charge on any atom is 0.263 e. The van der Waals surface area contributed by atoms with Gasteiger partial charge in [0.2, 0.25) is 0 Å². The van der Waals surface area contributed by atoms with Crippen molar-refractivity contribution in [3.05, 3.63) is 94.4 Å². The van der Waals surface area contributed by atoms with E-state index in [2.05, 4.69) is 30.4 Å². The van der Waals surface area contributed by atoms with Crippen LogP contribution in [0.25, 0.3) is 20.5 Å². The van der Waals surface area contributed by atoms with E-state index in [-0.39, 0.29) is 17.0 Å². The van der Waals surface area contributed by atoms with E-state index in [4.69, 9.17) is 0 Å². The summed E-state index contributed by atoms with van der Waals surface area (Å²) in [6.45, 7) is 3.20. The third kappa shape index (κ3) is 4.94. The Balaban J connectivity index is 1.63. The van der Waals surface area contributed by atoms with Crippen LogP contribution in [-0.4, -0.2) is 17.0 Å². The molecule has 4 rings (SSSR count). The van der Waals surface area contributed by atoms with Gasteiger partial charge in [-0.2, -0.15) is 0 Å². The number of carbonyl (C=O) groups is 1. The van der Waals surface area contributed by atoms with Crippen molar-refractivity contribution < 1.29 is 4.79 Å². The summed E-state index contributed by atoms with van der Waals surface area (Å²) in [4.78, 5) is 27.0. The van der Waals surface area contributed by atoms with Crippen molar-refractivity contribution in [2.24, 2.45) is 0 Å². The summed E-state index contributed by atoms with van der Waals surface area (Å²) in [5.41, 5.74) is 2.04. The van der Waals surface area contributed by atoms with E-state index in [0.29, 0.717) is 13.1 Å². The number of unbranched alkanes of at least 4 members (excludes halogenated alkanes) is 1. The molecular formula is C26H26N2O2S. The number of nitrogens with zero attached hydrogens (tertiary/aromatic N) is 1. The van der Waals surface area contributed by atoms with Crippen LogP contribution in [0.4, 0.5) is 0 Å². The zero-order chi connectivity index (χ0) is 21.6. The normalized spacial score (nSPS) is 11.0. The summed E-state index contributed by atoms with van der Waals surface area (Å²) in [6.07, 6.45) is 4.50. The van der Waals surface area contributed by atoms with Crippen molar-refractivity contribution in [2.45, 2.75) is 32.7 Å². The molecule has 0 saturated carbocycles. The summed E-state index contributed by atoms with van der Waals surface area (Å²) >= 11 is 1.68. The van der Waals surface area contributed by atoms with Crippen LogP contribution in [0.2, 0.25) is 0 Å². The van der Waals surface area contributed by atoms with Crippen molar-refractivity contribution in [1.82, 2.24) is 9.88 Å². The molecule has 2 heterocycles. The number of nitrogens with one attached hydrogen (secondary N) is 1. The number of amides is 1. The lowest BCUT2D eigenvalue weighted by Crippen LogP contribution is -2.34. The summed E-state index contributed by atoms with van der Waals surface area (Å²) in [6, 6.07) is 22.1. The minimum atomic E-state index is -0.311. The molecular weight excluding hydrogens is 404 g/mol. The Morgan fingerprint density at radius 3 is 2.58 bits per heavy atom. The van der Waals surface area contributed by atoms with E-state index in [0.717, 1.165) is 35.3 Å². The lowest BCUT2D eigenvalue weighted by molar-refractivity contribution is 0.0952. The average Bonchev–Trinajstić information content (AvgIpc) is 3.23. The quantitative estimate of drug-likeness (QED) is 0.401. The molecule has 0 aliphatic heterocycles. The SMILES string of the molecule is CCCCn1cc(-c2cc3ccccc3s2)cc(C(=O)NCCc2ccccc2)c1=O. The molecule has 2 aromatic carbocycles. The topological polar surface area (TPSA) is 51.1 Å². The molecule has 0 spiro atoms. The first-order valence-corrected chi connectivity index (χ1v) is 11.5. The average molecular weight is 431 g/mol. The van der Waals surface area contributed by atoms with Gasteiger partial charge < -0.3 is 9.88 Å². The van der Waals surface area contributed by atoms with Crippen molar-refractivity contribution in [1.29, 1.82) is 0 Å². The Morgan fingerprint density at radius 1 is 1.03 bits per heavy atom. The Kier molecular flexibility index (Phi) is 6.63. The third-order valence-corrected chi connectivity index (χ3v) is 6.50. The second kappa shape index (κ2) is 9.75. The van der Waals surface area contributed by atoms with Crippen molar-refractivity contribution in [2.75, 3.05) is 6.54 Å². The molecule has 0 unspecified atom stereocenters. The Bertz CT molecular complexity index is 1210. The van der Waals surface area contributed by atoms with Gasteiger partial charge in [-0.15, -0.1) is 11.3 Å². The smallest absolute Gasteiger partial charge is 0.263 e.